The first-order chi connectivity index (χ1) is 14.4. The molecule has 0 aromatic carbocycles. The molecule has 1 fully saturated rings. The maximum Gasteiger partial charge on any atom is 0.330 e. The third-order valence-corrected chi connectivity index (χ3v) is 16.0. The molecule has 1 aromatic rings. The Bertz CT molecular complexity index is 956. The second-order valence-corrected chi connectivity index (χ2v) is 21.0. The summed E-state index contributed by atoms with van der Waals surface area (Å²) in [5, 5.41) is 13.3. The molecule has 0 saturated carbocycles. The average molecular weight is 486 g/mol. The minimum Gasteiger partial charge on any atom is -0.414 e. The van der Waals surface area contributed by atoms with Crippen LogP contribution in [0.25, 0.3) is 0 Å². The summed E-state index contributed by atoms with van der Waals surface area (Å²) in [4.78, 5) is 26.4. The highest BCUT2D eigenvalue weighted by Gasteiger charge is 2.50. The van der Waals surface area contributed by atoms with Gasteiger partial charge in [0.15, 0.2) is 22.9 Å². The second-order valence-electron chi connectivity index (χ2n) is 11.4. The minimum atomic E-state index is -2.34. The summed E-state index contributed by atoms with van der Waals surface area (Å²) in [5.41, 5.74) is -0.828. The fourth-order valence-electron chi connectivity index (χ4n) is 2.84. The first-order valence-electron chi connectivity index (χ1n) is 10.9. The standard InChI is InChI=1S/C21H39N3O6Si2/c1-20(2,3)31(7,8)28-13-14-16(23-27)17(30-32(9,10)21(4,5)6)18(29-14)24-12-11-15(25)22-19(24)26/h11-12,14,17-18,27H,13H2,1-10H3,(H,22,25,26)/b23-16+/t14-,17-,18-/m0/s1. The summed E-state index contributed by atoms with van der Waals surface area (Å²) >= 11 is 0. The van der Waals surface area contributed by atoms with Gasteiger partial charge < -0.3 is 18.8 Å². The number of ether oxygens (including phenoxy) is 1. The maximum absolute atomic E-state index is 12.5. The van der Waals surface area contributed by atoms with Crippen molar-refractivity contribution >= 4 is 22.3 Å². The van der Waals surface area contributed by atoms with E-state index in [0.717, 1.165) is 0 Å². The SMILES string of the molecule is CC(C)(C)[Si](C)(C)OC[C@@H]1O[C@H](n2ccc(=O)[nH]c2=O)[C@@H](O[Si](C)(C)C(C)(C)C)/C1=N/O. The molecule has 2 N–H and O–H groups in total. The first kappa shape index (κ1) is 26.7. The number of rotatable bonds is 6. The van der Waals surface area contributed by atoms with Gasteiger partial charge in [0.2, 0.25) is 0 Å². The second kappa shape index (κ2) is 9.01. The number of H-pyrrole nitrogens is 1. The third kappa shape index (κ3) is 5.50. The molecule has 1 aromatic heterocycles. The Morgan fingerprint density at radius 3 is 2.12 bits per heavy atom. The lowest BCUT2D eigenvalue weighted by molar-refractivity contribution is -0.0481. The highest BCUT2D eigenvalue weighted by molar-refractivity contribution is 6.74. The van der Waals surface area contributed by atoms with E-state index in [2.05, 4.69) is 77.9 Å². The fourth-order valence-corrected chi connectivity index (χ4v) is 5.06. The molecule has 32 heavy (non-hydrogen) atoms. The summed E-state index contributed by atoms with van der Waals surface area (Å²) < 4.78 is 20.4. The van der Waals surface area contributed by atoms with E-state index in [1.165, 1.54) is 16.8 Å². The van der Waals surface area contributed by atoms with Crippen molar-refractivity contribution in [2.75, 3.05) is 6.61 Å². The molecule has 1 aliphatic heterocycles. The van der Waals surface area contributed by atoms with Crippen LogP contribution in [0, 0.1) is 0 Å². The zero-order valence-electron chi connectivity index (χ0n) is 21.0. The van der Waals surface area contributed by atoms with Gasteiger partial charge in [0.1, 0.15) is 17.9 Å². The van der Waals surface area contributed by atoms with Gasteiger partial charge in [-0.05, 0) is 36.3 Å². The van der Waals surface area contributed by atoms with Crippen molar-refractivity contribution < 1.29 is 18.8 Å². The van der Waals surface area contributed by atoms with Crippen molar-refractivity contribution in [1.29, 1.82) is 0 Å². The van der Waals surface area contributed by atoms with Crippen LogP contribution in [-0.4, -0.2) is 55.9 Å². The van der Waals surface area contributed by atoms with Gasteiger partial charge in [0.05, 0.1) is 6.61 Å². The van der Waals surface area contributed by atoms with Crippen LogP contribution in [0.1, 0.15) is 47.8 Å². The maximum atomic E-state index is 12.5. The van der Waals surface area contributed by atoms with Gasteiger partial charge in [-0.25, -0.2) is 4.79 Å². The largest absolute Gasteiger partial charge is 0.414 e. The molecule has 3 atom stereocenters. The zero-order chi connectivity index (χ0) is 24.7. The van der Waals surface area contributed by atoms with Gasteiger partial charge in [-0.1, -0.05) is 46.7 Å². The molecule has 0 bridgehead atoms. The molecular formula is C21H39N3O6Si2. The molecule has 1 aliphatic rings. The minimum absolute atomic E-state index is 0.00553. The lowest BCUT2D eigenvalue weighted by Gasteiger charge is -2.39. The van der Waals surface area contributed by atoms with E-state index in [1.807, 2.05) is 0 Å². The van der Waals surface area contributed by atoms with Crippen LogP contribution in [0.2, 0.25) is 36.3 Å². The normalized spacial score (nSPS) is 24.3. The van der Waals surface area contributed by atoms with Gasteiger partial charge >= 0.3 is 5.69 Å². The predicted octanol–water partition coefficient (Wildman–Crippen LogP) is 3.68. The molecule has 0 spiro atoms. The van der Waals surface area contributed by atoms with Crippen LogP contribution in [0.5, 0.6) is 0 Å². The van der Waals surface area contributed by atoms with Gasteiger partial charge in [0.25, 0.3) is 5.56 Å². The summed E-state index contributed by atoms with van der Waals surface area (Å²) in [6, 6.07) is 1.25. The van der Waals surface area contributed by atoms with Gasteiger partial charge in [-0.2, -0.15) is 0 Å². The number of hydrogen-bond donors (Lipinski definition) is 2. The van der Waals surface area contributed by atoms with Crippen molar-refractivity contribution in [2.45, 2.75) is 96.2 Å². The third-order valence-electron chi connectivity index (χ3n) is 7.05. The van der Waals surface area contributed by atoms with Crippen molar-refractivity contribution in [2.24, 2.45) is 5.16 Å². The predicted molar refractivity (Wildman–Crippen MR) is 130 cm³/mol. The van der Waals surface area contributed by atoms with Gasteiger partial charge in [-0.3, -0.25) is 14.3 Å². The summed E-state index contributed by atoms with van der Waals surface area (Å²) in [5.74, 6) is 0. The molecule has 1 saturated heterocycles. The zero-order valence-corrected chi connectivity index (χ0v) is 23.0. The Kier molecular flexibility index (Phi) is 7.52. The van der Waals surface area contributed by atoms with E-state index < -0.39 is 46.3 Å². The monoisotopic (exact) mass is 485 g/mol. The van der Waals surface area contributed by atoms with E-state index in [-0.39, 0.29) is 22.4 Å². The van der Waals surface area contributed by atoms with Crippen molar-refractivity contribution in [3.8, 4) is 0 Å². The van der Waals surface area contributed by atoms with E-state index >= 15 is 0 Å². The molecular weight excluding hydrogens is 446 g/mol. The highest BCUT2D eigenvalue weighted by Crippen LogP contribution is 2.41. The lowest BCUT2D eigenvalue weighted by Crippen LogP contribution is -2.49. The molecule has 0 aliphatic carbocycles. The van der Waals surface area contributed by atoms with Crippen molar-refractivity contribution in [1.82, 2.24) is 9.55 Å². The van der Waals surface area contributed by atoms with Gasteiger partial charge in [-0.15, -0.1) is 0 Å². The van der Waals surface area contributed by atoms with Crippen LogP contribution < -0.4 is 11.2 Å². The molecule has 2 heterocycles. The van der Waals surface area contributed by atoms with E-state index in [4.69, 9.17) is 13.6 Å². The lowest BCUT2D eigenvalue weighted by atomic mass is 10.1. The molecule has 0 unspecified atom stereocenters. The summed E-state index contributed by atoms with van der Waals surface area (Å²) in [7, 11) is -4.44. The Labute approximate surface area is 192 Å². The summed E-state index contributed by atoms with van der Waals surface area (Å²) in [6.07, 6.45) is -1.00. The smallest absolute Gasteiger partial charge is 0.330 e. The van der Waals surface area contributed by atoms with Crippen molar-refractivity contribution in [3.05, 3.63) is 33.1 Å². The first-order valence-corrected chi connectivity index (χ1v) is 16.7. The average Bonchev–Trinajstić information content (AvgIpc) is 2.94. The topological polar surface area (TPSA) is 115 Å². The number of nitrogens with zero attached hydrogens (tertiary/aromatic N) is 2. The van der Waals surface area contributed by atoms with Crippen LogP contribution >= 0.6 is 0 Å². The van der Waals surface area contributed by atoms with Crippen molar-refractivity contribution in [3.63, 3.8) is 0 Å². The number of aromatic nitrogens is 2. The summed E-state index contributed by atoms with van der Waals surface area (Å²) in [6.45, 7) is 21.3. The highest BCUT2D eigenvalue weighted by atomic mass is 28.4. The molecule has 2 rings (SSSR count). The van der Waals surface area contributed by atoms with E-state index in [0.29, 0.717) is 0 Å². The van der Waals surface area contributed by atoms with Crippen LogP contribution in [0.4, 0.5) is 0 Å². The molecule has 182 valence electrons. The molecule has 11 heteroatoms. The van der Waals surface area contributed by atoms with Gasteiger partial charge in [0, 0.05) is 12.3 Å². The molecule has 9 nitrogen and oxygen atoms in total. The Balaban J connectivity index is 2.46. The number of aromatic amines is 1. The van der Waals surface area contributed by atoms with Crippen LogP contribution in [-0.2, 0) is 13.6 Å². The Hall–Kier alpha value is -1.54. The Morgan fingerprint density at radius 1 is 1.09 bits per heavy atom. The fraction of sp³-hybridized carbons (Fsp3) is 0.762. The van der Waals surface area contributed by atoms with E-state index in [1.54, 1.807) is 0 Å². The van der Waals surface area contributed by atoms with E-state index in [9.17, 15) is 14.8 Å². The number of hydrogen-bond acceptors (Lipinski definition) is 7. The van der Waals surface area contributed by atoms with Crippen LogP contribution in [0.3, 0.4) is 0 Å². The molecule has 0 radical (unpaired) electrons. The molecule has 0 amide bonds. The number of nitrogens with one attached hydrogen (secondary N) is 1. The quantitative estimate of drug-likeness (QED) is 0.361. The van der Waals surface area contributed by atoms with Crippen LogP contribution in [0.15, 0.2) is 27.0 Å². The number of oxime groups is 1. The Morgan fingerprint density at radius 2 is 1.66 bits per heavy atom.